The summed E-state index contributed by atoms with van der Waals surface area (Å²) < 4.78 is 5.48. The zero-order valence-electron chi connectivity index (χ0n) is 19.2. The average molecular weight is 413 g/mol. The van der Waals surface area contributed by atoms with E-state index in [1.165, 1.54) is 5.56 Å². The van der Waals surface area contributed by atoms with Gasteiger partial charge in [-0.1, -0.05) is 27.7 Å². The van der Waals surface area contributed by atoms with Crippen molar-refractivity contribution in [1.82, 2.24) is 10.2 Å². The first kappa shape index (κ1) is 22.5. The lowest BCUT2D eigenvalue weighted by atomic mass is 9.93. The largest absolute Gasteiger partial charge is 0.423 e. The van der Waals surface area contributed by atoms with E-state index in [0.29, 0.717) is 24.0 Å². The minimum Gasteiger partial charge on any atom is -0.423 e. The van der Waals surface area contributed by atoms with Gasteiger partial charge in [0.25, 0.3) is 0 Å². The van der Waals surface area contributed by atoms with Crippen molar-refractivity contribution in [3.05, 3.63) is 45.3 Å². The predicted molar refractivity (Wildman–Crippen MR) is 122 cm³/mol. The first-order valence-electron chi connectivity index (χ1n) is 11.3. The number of carbonyl (C=O) groups excluding carboxylic acids is 1. The number of fused-ring (bicyclic) bond motifs is 1. The van der Waals surface area contributed by atoms with E-state index >= 15 is 0 Å². The van der Waals surface area contributed by atoms with Crippen molar-refractivity contribution in [2.75, 3.05) is 13.1 Å². The number of carbonyl (C=O) groups is 1. The van der Waals surface area contributed by atoms with Crippen molar-refractivity contribution >= 4 is 16.9 Å². The summed E-state index contributed by atoms with van der Waals surface area (Å²) in [5.41, 5.74) is 3.81. The van der Waals surface area contributed by atoms with Crippen molar-refractivity contribution in [2.24, 2.45) is 11.8 Å². The molecular formula is C25H36N2O3. The highest BCUT2D eigenvalue weighted by molar-refractivity contribution is 5.82. The third kappa shape index (κ3) is 5.12. The number of nitrogens with zero attached hydrogens (tertiary/aromatic N) is 1. The monoisotopic (exact) mass is 412 g/mol. The number of amides is 1. The Kier molecular flexibility index (Phi) is 7.02. The molecule has 5 heteroatoms. The minimum absolute atomic E-state index is 0.0789. The molecule has 5 nitrogen and oxygen atoms in total. The van der Waals surface area contributed by atoms with Gasteiger partial charge < -0.3 is 9.73 Å². The fraction of sp³-hybridized carbons (Fsp3) is 0.600. The highest BCUT2D eigenvalue weighted by Gasteiger charge is 2.26. The summed E-state index contributed by atoms with van der Waals surface area (Å²) in [6.45, 7) is 15.2. The van der Waals surface area contributed by atoms with Crippen molar-refractivity contribution in [3.63, 3.8) is 0 Å². The van der Waals surface area contributed by atoms with Crippen LogP contribution in [0.4, 0.5) is 0 Å². The predicted octanol–water partition coefficient (Wildman–Crippen LogP) is 4.60. The Morgan fingerprint density at radius 1 is 1.13 bits per heavy atom. The molecule has 1 atom stereocenters. The molecule has 0 bridgehead atoms. The summed E-state index contributed by atoms with van der Waals surface area (Å²) in [5, 5.41) is 4.18. The Balaban J connectivity index is 1.72. The molecule has 2 heterocycles. The van der Waals surface area contributed by atoms with Gasteiger partial charge in [-0.3, -0.25) is 9.69 Å². The molecule has 1 aliphatic rings. The van der Waals surface area contributed by atoms with Crippen LogP contribution in [-0.4, -0.2) is 29.9 Å². The van der Waals surface area contributed by atoms with Gasteiger partial charge in [0, 0.05) is 30.0 Å². The number of hydrogen-bond acceptors (Lipinski definition) is 4. The normalized spacial score (nSPS) is 17.1. The SMILES string of the molecule is Cc1cc2oc(=O)cc(CN3CCC(C(=O)NC(C)C(C)C)CC3)c2cc1C(C)C. The quantitative estimate of drug-likeness (QED) is 0.705. The molecule has 3 rings (SSSR count). The highest BCUT2D eigenvalue weighted by Crippen LogP contribution is 2.28. The Morgan fingerprint density at radius 3 is 2.40 bits per heavy atom. The number of aryl methyl sites for hydroxylation is 1. The highest BCUT2D eigenvalue weighted by atomic mass is 16.4. The smallest absolute Gasteiger partial charge is 0.336 e. The van der Waals surface area contributed by atoms with Crippen LogP contribution in [0.15, 0.2) is 27.4 Å². The first-order chi connectivity index (χ1) is 14.2. The van der Waals surface area contributed by atoms with Gasteiger partial charge in [0.1, 0.15) is 5.58 Å². The molecule has 1 fully saturated rings. The van der Waals surface area contributed by atoms with Crippen LogP contribution in [0.5, 0.6) is 0 Å². The Morgan fingerprint density at radius 2 is 1.80 bits per heavy atom. The van der Waals surface area contributed by atoms with Gasteiger partial charge in [0.2, 0.25) is 5.91 Å². The zero-order chi connectivity index (χ0) is 22.0. The molecule has 1 saturated heterocycles. The van der Waals surface area contributed by atoms with E-state index in [1.807, 2.05) is 6.07 Å². The van der Waals surface area contributed by atoms with Gasteiger partial charge in [-0.05, 0) is 80.4 Å². The maximum absolute atomic E-state index is 12.5. The lowest BCUT2D eigenvalue weighted by molar-refractivity contribution is -0.127. The zero-order valence-corrected chi connectivity index (χ0v) is 19.2. The summed E-state index contributed by atoms with van der Waals surface area (Å²) >= 11 is 0. The van der Waals surface area contributed by atoms with Gasteiger partial charge >= 0.3 is 5.63 Å². The van der Waals surface area contributed by atoms with Crippen LogP contribution < -0.4 is 10.9 Å². The lowest BCUT2D eigenvalue weighted by Gasteiger charge is -2.32. The number of likely N-dealkylation sites (tertiary alicyclic amines) is 1. The van der Waals surface area contributed by atoms with E-state index in [4.69, 9.17) is 4.42 Å². The van der Waals surface area contributed by atoms with Crippen LogP contribution in [-0.2, 0) is 11.3 Å². The Labute approximate surface area is 179 Å². The first-order valence-corrected chi connectivity index (χ1v) is 11.3. The topological polar surface area (TPSA) is 62.6 Å². The summed E-state index contributed by atoms with van der Waals surface area (Å²) in [6.07, 6.45) is 1.71. The third-order valence-electron chi connectivity index (χ3n) is 6.56. The van der Waals surface area contributed by atoms with Crippen molar-refractivity contribution < 1.29 is 9.21 Å². The number of hydrogen-bond donors (Lipinski definition) is 1. The molecule has 1 amide bonds. The maximum Gasteiger partial charge on any atom is 0.336 e. The summed E-state index contributed by atoms with van der Waals surface area (Å²) in [4.78, 5) is 27.0. The van der Waals surface area contributed by atoms with E-state index in [0.717, 1.165) is 42.4 Å². The number of piperidine rings is 1. The maximum atomic E-state index is 12.5. The van der Waals surface area contributed by atoms with Crippen LogP contribution in [0.3, 0.4) is 0 Å². The van der Waals surface area contributed by atoms with Crippen LogP contribution in [0, 0.1) is 18.8 Å². The second-order valence-electron chi connectivity index (χ2n) is 9.54. The molecule has 1 unspecified atom stereocenters. The number of rotatable bonds is 6. The summed E-state index contributed by atoms with van der Waals surface area (Å²) in [6, 6.07) is 6.00. The van der Waals surface area contributed by atoms with Gasteiger partial charge in [-0.2, -0.15) is 0 Å². The molecule has 1 aromatic carbocycles. The van der Waals surface area contributed by atoms with Gasteiger partial charge in [0.05, 0.1) is 0 Å². The van der Waals surface area contributed by atoms with Crippen molar-refractivity contribution in [1.29, 1.82) is 0 Å². The van der Waals surface area contributed by atoms with Crippen LogP contribution in [0.25, 0.3) is 11.0 Å². The van der Waals surface area contributed by atoms with E-state index in [-0.39, 0.29) is 23.5 Å². The molecular weight excluding hydrogens is 376 g/mol. The van der Waals surface area contributed by atoms with E-state index in [2.05, 4.69) is 57.8 Å². The fourth-order valence-corrected chi connectivity index (χ4v) is 4.25. The molecule has 0 saturated carbocycles. The molecule has 0 spiro atoms. The second-order valence-corrected chi connectivity index (χ2v) is 9.54. The summed E-state index contributed by atoms with van der Waals surface area (Å²) in [5.74, 6) is 1.11. The molecule has 1 aliphatic heterocycles. The van der Waals surface area contributed by atoms with Gasteiger partial charge in [-0.15, -0.1) is 0 Å². The molecule has 1 aromatic heterocycles. The van der Waals surface area contributed by atoms with Crippen LogP contribution in [0.2, 0.25) is 0 Å². The molecule has 2 aromatic rings. The number of nitrogens with one attached hydrogen (secondary N) is 1. The van der Waals surface area contributed by atoms with Gasteiger partial charge in [0.15, 0.2) is 0 Å². The van der Waals surface area contributed by atoms with E-state index < -0.39 is 0 Å². The standard InChI is InChI=1S/C25H36N2O3/c1-15(2)18(6)26-25(29)19-7-9-27(10-8-19)14-20-12-24(28)30-23-11-17(5)21(16(3)4)13-22(20)23/h11-13,15-16,18-19H,7-10,14H2,1-6H3,(H,26,29). The van der Waals surface area contributed by atoms with Gasteiger partial charge in [-0.25, -0.2) is 4.79 Å². The minimum atomic E-state index is -0.300. The lowest BCUT2D eigenvalue weighted by Crippen LogP contribution is -2.44. The van der Waals surface area contributed by atoms with E-state index in [9.17, 15) is 9.59 Å². The fourth-order valence-electron chi connectivity index (χ4n) is 4.25. The average Bonchev–Trinajstić information content (AvgIpc) is 2.67. The number of benzene rings is 1. The third-order valence-corrected chi connectivity index (χ3v) is 6.56. The van der Waals surface area contributed by atoms with Crippen molar-refractivity contribution in [2.45, 2.75) is 72.9 Å². The van der Waals surface area contributed by atoms with Crippen LogP contribution >= 0.6 is 0 Å². The molecule has 1 N–H and O–H groups in total. The molecule has 0 aliphatic carbocycles. The molecule has 0 radical (unpaired) electrons. The van der Waals surface area contributed by atoms with E-state index in [1.54, 1.807) is 6.07 Å². The van der Waals surface area contributed by atoms with Crippen molar-refractivity contribution in [3.8, 4) is 0 Å². The summed E-state index contributed by atoms with van der Waals surface area (Å²) in [7, 11) is 0. The van der Waals surface area contributed by atoms with Crippen LogP contribution in [0.1, 0.15) is 70.1 Å². The Hall–Kier alpha value is -2.14. The Bertz CT molecular complexity index is 953. The molecule has 164 valence electrons. The second kappa shape index (κ2) is 9.34. The molecule has 30 heavy (non-hydrogen) atoms.